The zero-order valence-corrected chi connectivity index (χ0v) is 9.96. The van der Waals surface area contributed by atoms with Gasteiger partial charge in [0.2, 0.25) is 0 Å². The summed E-state index contributed by atoms with van der Waals surface area (Å²) in [6, 6.07) is 0.154. The van der Waals surface area contributed by atoms with Crippen LogP contribution in [0.3, 0.4) is 0 Å². The van der Waals surface area contributed by atoms with Crippen molar-refractivity contribution in [1.29, 1.82) is 0 Å². The number of aromatic nitrogens is 2. The van der Waals surface area contributed by atoms with Gasteiger partial charge in [-0.05, 0) is 19.4 Å². The molecule has 1 saturated heterocycles. The molecule has 0 bridgehead atoms. The minimum atomic E-state index is -2.76. The van der Waals surface area contributed by atoms with Gasteiger partial charge in [0.25, 0.3) is 0 Å². The lowest BCUT2D eigenvalue weighted by atomic mass is 10.2. The SMILES string of the molecule is O=S1(=O)CCC(NCCCc2ncc[nH]2)C1. The van der Waals surface area contributed by atoms with E-state index in [2.05, 4.69) is 15.3 Å². The van der Waals surface area contributed by atoms with Gasteiger partial charge >= 0.3 is 0 Å². The first kappa shape index (κ1) is 11.6. The molecule has 0 spiro atoms. The third-order valence-electron chi connectivity index (χ3n) is 2.81. The lowest BCUT2D eigenvalue weighted by Crippen LogP contribution is -2.31. The van der Waals surface area contributed by atoms with Gasteiger partial charge in [-0.2, -0.15) is 0 Å². The summed E-state index contributed by atoms with van der Waals surface area (Å²) in [6.07, 6.45) is 6.19. The quantitative estimate of drug-likeness (QED) is 0.720. The van der Waals surface area contributed by atoms with Gasteiger partial charge in [0, 0.05) is 24.9 Å². The first-order chi connectivity index (χ1) is 7.66. The molecule has 1 aromatic rings. The summed E-state index contributed by atoms with van der Waals surface area (Å²) in [4.78, 5) is 7.17. The minimum absolute atomic E-state index is 0.154. The standard InChI is InChI=1S/C10H17N3O2S/c14-16(15)7-3-9(8-16)11-4-1-2-10-12-5-6-13-10/h5-6,9,11H,1-4,7-8H2,(H,12,13). The molecule has 1 aromatic heterocycles. The topological polar surface area (TPSA) is 74.8 Å². The summed E-state index contributed by atoms with van der Waals surface area (Å²) < 4.78 is 22.4. The van der Waals surface area contributed by atoms with Gasteiger partial charge in [-0.15, -0.1) is 0 Å². The van der Waals surface area contributed by atoms with Gasteiger partial charge in [0.15, 0.2) is 9.84 Å². The molecule has 2 heterocycles. The molecule has 0 saturated carbocycles. The number of aryl methyl sites for hydroxylation is 1. The molecule has 1 fully saturated rings. The van der Waals surface area contributed by atoms with Crippen LogP contribution in [-0.4, -0.2) is 42.5 Å². The van der Waals surface area contributed by atoms with Crippen LogP contribution in [0.4, 0.5) is 0 Å². The Hall–Kier alpha value is -0.880. The van der Waals surface area contributed by atoms with Crippen molar-refractivity contribution in [3.05, 3.63) is 18.2 Å². The van der Waals surface area contributed by atoms with E-state index in [9.17, 15) is 8.42 Å². The number of H-pyrrole nitrogens is 1. The minimum Gasteiger partial charge on any atom is -0.349 e. The number of hydrogen-bond donors (Lipinski definition) is 2. The molecule has 2 rings (SSSR count). The summed E-state index contributed by atoms with van der Waals surface area (Å²) in [5, 5.41) is 3.28. The second kappa shape index (κ2) is 4.97. The highest BCUT2D eigenvalue weighted by molar-refractivity contribution is 7.91. The van der Waals surface area contributed by atoms with Crippen LogP contribution in [0.5, 0.6) is 0 Å². The Morgan fingerprint density at radius 1 is 1.56 bits per heavy atom. The Kier molecular flexibility index (Phi) is 3.60. The highest BCUT2D eigenvalue weighted by Crippen LogP contribution is 2.11. The molecule has 0 radical (unpaired) electrons. The van der Waals surface area contributed by atoms with Crippen molar-refractivity contribution in [2.24, 2.45) is 0 Å². The van der Waals surface area contributed by atoms with E-state index in [4.69, 9.17) is 0 Å². The third-order valence-corrected chi connectivity index (χ3v) is 4.58. The van der Waals surface area contributed by atoms with Crippen LogP contribution < -0.4 is 5.32 Å². The maximum atomic E-state index is 11.2. The molecule has 0 aromatic carbocycles. The van der Waals surface area contributed by atoms with E-state index < -0.39 is 9.84 Å². The number of aromatic amines is 1. The first-order valence-electron chi connectivity index (χ1n) is 5.58. The number of nitrogens with one attached hydrogen (secondary N) is 2. The van der Waals surface area contributed by atoms with E-state index >= 15 is 0 Å². The molecule has 5 nitrogen and oxygen atoms in total. The van der Waals surface area contributed by atoms with Crippen LogP contribution in [0, 0.1) is 0 Å². The third kappa shape index (κ3) is 3.31. The number of hydrogen-bond acceptors (Lipinski definition) is 4. The van der Waals surface area contributed by atoms with E-state index in [1.54, 1.807) is 6.20 Å². The largest absolute Gasteiger partial charge is 0.349 e. The second-order valence-electron chi connectivity index (χ2n) is 4.19. The molecule has 90 valence electrons. The van der Waals surface area contributed by atoms with Gasteiger partial charge in [-0.1, -0.05) is 0 Å². The summed E-state index contributed by atoms with van der Waals surface area (Å²) >= 11 is 0. The Morgan fingerprint density at radius 3 is 3.06 bits per heavy atom. The number of rotatable bonds is 5. The number of imidazole rings is 1. The Balaban J connectivity index is 1.62. The van der Waals surface area contributed by atoms with E-state index in [0.29, 0.717) is 11.5 Å². The van der Waals surface area contributed by atoms with E-state index in [1.807, 2.05) is 6.20 Å². The fourth-order valence-corrected chi connectivity index (χ4v) is 3.66. The summed E-state index contributed by atoms with van der Waals surface area (Å²) in [7, 11) is -2.76. The lowest BCUT2D eigenvalue weighted by Gasteiger charge is -2.09. The molecule has 1 atom stereocenters. The Morgan fingerprint density at radius 2 is 2.44 bits per heavy atom. The van der Waals surface area contributed by atoms with Crippen molar-refractivity contribution in [2.45, 2.75) is 25.3 Å². The average Bonchev–Trinajstić information content (AvgIpc) is 2.82. The Labute approximate surface area is 95.6 Å². The molecular weight excluding hydrogens is 226 g/mol. The molecule has 16 heavy (non-hydrogen) atoms. The predicted molar refractivity (Wildman–Crippen MR) is 62.0 cm³/mol. The van der Waals surface area contributed by atoms with E-state index in [0.717, 1.165) is 31.6 Å². The normalized spacial score (nSPS) is 23.6. The zero-order chi connectivity index (χ0) is 11.4. The van der Waals surface area contributed by atoms with Gasteiger partial charge in [0.05, 0.1) is 11.5 Å². The maximum Gasteiger partial charge on any atom is 0.151 e. The van der Waals surface area contributed by atoms with Crippen molar-refractivity contribution in [1.82, 2.24) is 15.3 Å². The van der Waals surface area contributed by atoms with Crippen molar-refractivity contribution in [3.8, 4) is 0 Å². The van der Waals surface area contributed by atoms with Crippen molar-refractivity contribution >= 4 is 9.84 Å². The fraction of sp³-hybridized carbons (Fsp3) is 0.700. The summed E-state index contributed by atoms with van der Waals surface area (Å²) in [5.41, 5.74) is 0. The van der Waals surface area contributed by atoms with Gasteiger partial charge in [-0.25, -0.2) is 13.4 Å². The smallest absolute Gasteiger partial charge is 0.151 e. The van der Waals surface area contributed by atoms with Crippen molar-refractivity contribution in [2.75, 3.05) is 18.1 Å². The predicted octanol–water partition coefficient (Wildman–Crippen LogP) is 0.119. The summed E-state index contributed by atoms with van der Waals surface area (Å²) in [6.45, 7) is 0.848. The molecular formula is C10H17N3O2S. The maximum absolute atomic E-state index is 11.2. The van der Waals surface area contributed by atoms with Crippen LogP contribution >= 0.6 is 0 Å². The lowest BCUT2D eigenvalue weighted by molar-refractivity contribution is 0.539. The Bertz CT molecular complexity index is 413. The molecule has 2 N–H and O–H groups in total. The number of sulfone groups is 1. The first-order valence-corrected chi connectivity index (χ1v) is 7.40. The highest BCUT2D eigenvalue weighted by atomic mass is 32.2. The van der Waals surface area contributed by atoms with Crippen LogP contribution in [-0.2, 0) is 16.3 Å². The highest BCUT2D eigenvalue weighted by Gasteiger charge is 2.26. The van der Waals surface area contributed by atoms with Crippen LogP contribution in [0.2, 0.25) is 0 Å². The monoisotopic (exact) mass is 243 g/mol. The van der Waals surface area contributed by atoms with Gasteiger partial charge in [-0.3, -0.25) is 0 Å². The van der Waals surface area contributed by atoms with E-state index in [1.165, 1.54) is 0 Å². The zero-order valence-electron chi connectivity index (χ0n) is 9.15. The van der Waals surface area contributed by atoms with E-state index in [-0.39, 0.29) is 6.04 Å². The second-order valence-corrected chi connectivity index (χ2v) is 6.42. The average molecular weight is 243 g/mol. The molecule has 6 heteroatoms. The van der Waals surface area contributed by atoms with Crippen LogP contribution in [0.25, 0.3) is 0 Å². The molecule has 0 amide bonds. The number of nitrogens with zero attached hydrogens (tertiary/aromatic N) is 1. The van der Waals surface area contributed by atoms with Gasteiger partial charge < -0.3 is 10.3 Å². The van der Waals surface area contributed by atoms with Crippen LogP contribution in [0.15, 0.2) is 12.4 Å². The van der Waals surface area contributed by atoms with Crippen LogP contribution in [0.1, 0.15) is 18.7 Å². The molecule has 0 aliphatic carbocycles. The summed E-state index contributed by atoms with van der Waals surface area (Å²) in [5.74, 6) is 1.62. The molecule has 1 unspecified atom stereocenters. The van der Waals surface area contributed by atoms with Gasteiger partial charge in [0.1, 0.15) is 5.82 Å². The molecule has 1 aliphatic rings. The van der Waals surface area contributed by atoms with Crippen molar-refractivity contribution in [3.63, 3.8) is 0 Å². The molecule has 1 aliphatic heterocycles. The fourth-order valence-electron chi connectivity index (χ4n) is 1.95. The van der Waals surface area contributed by atoms with Crippen molar-refractivity contribution < 1.29 is 8.42 Å².